The summed E-state index contributed by atoms with van der Waals surface area (Å²) in [4.78, 5) is 13.7. The lowest BCUT2D eigenvalue weighted by Crippen LogP contribution is -2.22. The first kappa shape index (κ1) is 16.9. The van der Waals surface area contributed by atoms with E-state index >= 15 is 0 Å². The van der Waals surface area contributed by atoms with E-state index < -0.39 is 0 Å². The Morgan fingerprint density at radius 1 is 1.20 bits per heavy atom. The molecule has 0 unspecified atom stereocenters. The van der Waals surface area contributed by atoms with E-state index in [4.69, 9.17) is 5.73 Å². The van der Waals surface area contributed by atoms with Crippen LogP contribution in [0.4, 0.5) is 0 Å². The third kappa shape index (κ3) is 3.33. The minimum absolute atomic E-state index is 0.0668. The van der Waals surface area contributed by atoms with Crippen LogP contribution in [-0.2, 0) is 6.42 Å². The van der Waals surface area contributed by atoms with Crippen LogP contribution in [0, 0.1) is 11.8 Å². The van der Waals surface area contributed by atoms with Gasteiger partial charge in [-0.2, -0.15) is 0 Å². The molecule has 4 heteroatoms. The minimum Gasteiger partial charge on any atom is -0.403 e. The van der Waals surface area contributed by atoms with E-state index in [0.717, 1.165) is 23.2 Å². The third-order valence-electron chi connectivity index (χ3n) is 3.98. The van der Waals surface area contributed by atoms with Crippen LogP contribution < -0.4 is 11.3 Å². The zero-order chi connectivity index (χ0) is 17.8. The van der Waals surface area contributed by atoms with Crippen molar-refractivity contribution in [3.05, 3.63) is 87.3 Å². The number of thiol groups is 1. The molecule has 1 aromatic heterocycles. The molecule has 25 heavy (non-hydrogen) atoms. The van der Waals surface area contributed by atoms with Crippen LogP contribution >= 0.6 is 12.6 Å². The average Bonchev–Trinajstić information content (AvgIpc) is 2.66. The van der Waals surface area contributed by atoms with Crippen LogP contribution in [-0.4, -0.2) is 4.57 Å². The van der Waals surface area contributed by atoms with Crippen LogP contribution in [0.2, 0.25) is 0 Å². The molecule has 3 nitrogen and oxygen atoms in total. The van der Waals surface area contributed by atoms with Gasteiger partial charge >= 0.3 is 0 Å². The quantitative estimate of drug-likeness (QED) is 0.550. The Morgan fingerprint density at radius 3 is 2.64 bits per heavy atom. The number of benzene rings is 2. The van der Waals surface area contributed by atoms with E-state index in [1.54, 1.807) is 4.57 Å². The van der Waals surface area contributed by atoms with Gasteiger partial charge in [0.1, 0.15) is 0 Å². The fourth-order valence-corrected chi connectivity index (χ4v) is 2.87. The number of nitrogens with two attached hydrogens (primary N) is 1. The van der Waals surface area contributed by atoms with Crippen LogP contribution in [0.15, 0.2) is 70.5 Å². The fraction of sp³-hybridized carbons (Fsp3) is 0.0952. The van der Waals surface area contributed by atoms with E-state index in [2.05, 4.69) is 30.5 Å². The number of rotatable bonds is 2. The topological polar surface area (TPSA) is 48.0 Å². The molecule has 0 saturated heterocycles. The highest BCUT2D eigenvalue weighted by Gasteiger charge is 2.12. The van der Waals surface area contributed by atoms with Crippen molar-refractivity contribution in [3.63, 3.8) is 0 Å². The molecule has 0 aliphatic heterocycles. The van der Waals surface area contributed by atoms with Gasteiger partial charge < -0.3 is 5.73 Å². The van der Waals surface area contributed by atoms with Crippen molar-refractivity contribution in [2.75, 3.05) is 0 Å². The number of aromatic nitrogens is 1. The first-order chi connectivity index (χ1) is 12.2. The SMILES string of the molecule is CCc1cc2cccc(C#C/C(S)=C/N)c2c(=O)n1-c1ccccc1. The number of aryl methyl sites for hydroxylation is 1. The Hall–Kier alpha value is -2.90. The van der Waals surface area contributed by atoms with Crippen molar-refractivity contribution in [2.45, 2.75) is 13.3 Å². The largest absolute Gasteiger partial charge is 0.403 e. The summed E-state index contributed by atoms with van der Waals surface area (Å²) < 4.78 is 1.76. The summed E-state index contributed by atoms with van der Waals surface area (Å²) in [6.45, 7) is 2.04. The molecule has 0 atom stereocenters. The summed E-state index contributed by atoms with van der Waals surface area (Å²) in [5, 5.41) is 1.49. The van der Waals surface area contributed by atoms with Gasteiger partial charge in [0, 0.05) is 23.1 Å². The first-order valence-corrected chi connectivity index (χ1v) is 8.46. The molecule has 0 aliphatic rings. The van der Waals surface area contributed by atoms with Crippen LogP contribution in [0.3, 0.4) is 0 Å². The van der Waals surface area contributed by atoms with Gasteiger partial charge in [0.2, 0.25) is 0 Å². The summed E-state index contributed by atoms with van der Waals surface area (Å²) in [5.74, 6) is 5.87. The van der Waals surface area contributed by atoms with Crippen LogP contribution in [0.5, 0.6) is 0 Å². The lowest BCUT2D eigenvalue weighted by Gasteiger charge is -2.14. The fourth-order valence-electron chi connectivity index (χ4n) is 2.81. The maximum absolute atomic E-state index is 13.3. The molecule has 0 radical (unpaired) electrons. The number of pyridine rings is 1. The molecule has 124 valence electrons. The summed E-state index contributed by atoms with van der Waals surface area (Å²) in [7, 11) is 0. The molecular weight excluding hydrogens is 328 g/mol. The maximum Gasteiger partial charge on any atom is 0.264 e. The number of hydrogen-bond donors (Lipinski definition) is 2. The Bertz CT molecular complexity index is 1070. The molecule has 3 rings (SSSR count). The summed E-state index contributed by atoms with van der Waals surface area (Å²) >= 11 is 4.17. The van der Waals surface area contributed by atoms with Gasteiger partial charge in [0.15, 0.2) is 0 Å². The lowest BCUT2D eigenvalue weighted by atomic mass is 10.0. The summed E-state index contributed by atoms with van der Waals surface area (Å²) in [5.41, 5.74) is 7.83. The maximum atomic E-state index is 13.3. The third-order valence-corrected chi connectivity index (χ3v) is 4.24. The smallest absolute Gasteiger partial charge is 0.264 e. The molecule has 2 aromatic carbocycles. The number of hydrogen-bond acceptors (Lipinski definition) is 3. The summed E-state index contributed by atoms with van der Waals surface area (Å²) in [6, 6.07) is 17.4. The van der Waals surface area contributed by atoms with Crippen molar-refractivity contribution in [3.8, 4) is 17.5 Å². The molecular formula is C21H18N2OS. The number of fused-ring (bicyclic) bond motifs is 1. The highest BCUT2D eigenvalue weighted by molar-refractivity contribution is 7.84. The number of para-hydroxylation sites is 1. The zero-order valence-corrected chi connectivity index (χ0v) is 14.8. The molecule has 0 aliphatic carbocycles. The van der Waals surface area contributed by atoms with Gasteiger partial charge in [0.05, 0.1) is 10.3 Å². The van der Waals surface area contributed by atoms with Gasteiger partial charge in [-0.25, -0.2) is 0 Å². The van der Waals surface area contributed by atoms with Crippen molar-refractivity contribution in [2.24, 2.45) is 5.73 Å². The Kier molecular flexibility index (Phi) is 4.97. The molecule has 1 heterocycles. The van der Waals surface area contributed by atoms with Crippen molar-refractivity contribution >= 4 is 23.4 Å². The van der Waals surface area contributed by atoms with Gasteiger partial charge in [-0.3, -0.25) is 9.36 Å². The van der Waals surface area contributed by atoms with Crippen LogP contribution in [0.25, 0.3) is 16.5 Å². The highest BCUT2D eigenvalue weighted by Crippen LogP contribution is 2.19. The van der Waals surface area contributed by atoms with Gasteiger partial charge in [-0.1, -0.05) is 49.1 Å². The van der Waals surface area contributed by atoms with E-state index in [1.165, 1.54) is 6.20 Å². The average molecular weight is 346 g/mol. The van der Waals surface area contributed by atoms with E-state index in [9.17, 15) is 4.79 Å². The number of allylic oxidation sites excluding steroid dienone is 1. The second-order valence-electron chi connectivity index (χ2n) is 5.54. The molecule has 0 spiro atoms. The highest BCUT2D eigenvalue weighted by atomic mass is 32.1. The lowest BCUT2D eigenvalue weighted by molar-refractivity contribution is 0.889. The Balaban J connectivity index is 2.36. The standard InChI is InChI=1S/C21H18N2OS/c1-2-17-13-16-8-6-7-15(11-12-19(25)14-22)20(16)21(24)23(17)18-9-4-3-5-10-18/h3-10,13-14,25H,2,22H2,1H3/b19-14-. The molecule has 3 aromatic rings. The first-order valence-electron chi connectivity index (χ1n) is 8.01. The minimum atomic E-state index is -0.0668. The van der Waals surface area contributed by atoms with Crippen molar-refractivity contribution in [1.82, 2.24) is 4.57 Å². The predicted octanol–water partition coefficient (Wildman–Crippen LogP) is 3.63. The second kappa shape index (κ2) is 7.33. The molecule has 0 bridgehead atoms. The van der Waals surface area contributed by atoms with Crippen molar-refractivity contribution in [1.29, 1.82) is 0 Å². The zero-order valence-electron chi connectivity index (χ0n) is 13.9. The Morgan fingerprint density at radius 2 is 1.96 bits per heavy atom. The summed E-state index contributed by atoms with van der Waals surface area (Å²) in [6.07, 6.45) is 2.09. The van der Waals surface area contributed by atoms with Gasteiger partial charge in [0.25, 0.3) is 5.56 Å². The molecule has 2 N–H and O–H groups in total. The van der Waals surface area contributed by atoms with E-state index in [-0.39, 0.29) is 5.56 Å². The molecule has 0 fully saturated rings. The van der Waals surface area contributed by atoms with Gasteiger partial charge in [-0.05, 0) is 36.1 Å². The predicted molar refractivity (Wildman–Crippen MR) is 107 cm³/mol. The van der Waals surface area contributed by atoms with E-state index in [1.807, 2.05) is 55.5 Å². The van der Waals surface area contributed by atoms with Gasteiger partial charge in [-0.15, -0.1) is 12.6 Å². The molecule has 0 saturated carbocycles. The molecule has 0 amide bonds. The second-order valence-corrected chi connectivity index (χ2v) is 6.02. The monoisotopic (exact) mass is 346 g/mol. The number of nitrogens with zero attached hydrogens (tertiary/aromatic N) is 1. The normalized spacial score (nSPS) is 11.2. The van der Waals surface area contributed by atoms with E-state index in [0.29, 0.717) is 15.9 Å². The van der Waals surface area contributed by atoms with Crippen LogP contribution in [0.1, 0.15) is 18.2 Å². The Labute approximate surface area is 152 Å². The van der Waals surface area contributed by atoms with Crippen molar-refractivity contribution < 1.29 is 0 Å².